The molecule has 0 unspecified atom stereocenters. The zero-order chi connectivity index (χ0) is 14.4. The number of hydrogen-bond donors (Lipinski definition) is 3. The third-order valence-electron chi connectivity index (χ3n) is 2.43. The Labute approximate surface area is 119 Å². The SMILES string of the molecule is O=C(CNc1ccccc1)NCc1nc(C(=O)O)cs1. The maximum atomic E-state index is 11.6. The Morgan fingerprint density at radius 3 is 2.65 bits per heavy atom. The Morgan fingerprint density at radius 2 is 2.00 bits per heavy atom. The summed E-state index contributed by atoms with van der Waals surface area (Å²) >= 11 is 1.21. The molecule has 104 valence electrons. The van der Waals surface area contributed by atoms with Crippen molar-refractivity contribution in [1.29, 1.82) is 0 Å². The van der Waals surface area contributed by atoms with Gasteiger partial charge >= 0.3 is 5.97 Å². The highest BCUT2D eigenvalue weighted by molar-refractivity contribution is 7.09. The van der Waals surface area contributed by atoms with E-state index in [4.69, 9.17) is 5.11 Å². The second-order valence-corrected chi connectivity index (χ2v) is 4.87. The van der Waals surface area contributed by atoms with E-state index in [-0.39, 0.29) is 24.7 Å². The van der Waals surface area contributed by atoms with Gasteiger partial charge in [-0.2, -0.15) is 0 Å². The molecule has 0 aliphatic heterocycles. The molecule has 0 radical (unpaired) electrons. The van der Waals surface area contributed by atoms with Crippen LogP contribution in [0.2, 0.25) is 0 Å². The summed E-state index contributed by atoms with van der Waals surface area (Å²) in [4.78, 5) is 26.2. The highest BCUT2D eigenvalue weighted by atomic mass is 32.1. The number of carbonyl (C=O) groups excluding carboxylic acids is 1. The van der Waals surface area contributed by atoms with E-state index in [0.29, 0.717) is 5.01 Å². The summed E-state index contributed by atoms with van der Waals surface area (Å²) < 4.78 is 0. The fourth-order valence-corrected chi connectivity index (χ4v) is 2.17. The maximum Gasteiger partial charge on any atom is 0.355 e. The number of nitrogens with one attached hydrogen (secondary N) is 2. The average molecular weight is 291 g/mol. The summed E-state index contributed by atoms with van der Waals surface area (Å²) in [7, 11) is 0. The molecule has 0 atom stereocenters. The first kappa shape index (κ1) is 14.0. The quantitative estimate of drug-likeness (QED) is 0.751. The molecule has 7 heteroatoms. The minimum Gasteiger partial charge on any atom is -0.476 e. The van der Waals surface area contributed by atoms with Gasteiger partial charge in [0, 0.05) is 11.1 Å². The molecule has 1 heterocycles. The van der Waals surface area contributed by atoms with Crippen LogP contribution in [0.25, 0.3) is 0 Å². The van der Waals surface area contributed by atoms with Gasteiger partial charge in [-0.3, -0.25) is 4.79 Å². The number of rotatable bonds is 6. The molecule has 1 amide bonds. The lowest BCUT2D eigenvalue weighted by Gasteiger charge is -2.06. The van der Waals surface area contributed by atoms with E-state index >= 15 is 0 Å². The van der Waals surface area contributed by atoms with E-state index in [9.17, 15) is 9.59 Å². The zero-order valence-electron chi connectivity index (χ0n) is 10.5. The van der Waals surface area contributed by atoms with Crippen molar-refractivity contribution in [3.05, 3.63) is 46.4 Å². The summed E-state index contributed by atoms with van der Waals surface area (Å²) in [6.07, 6.45) is 0. The third-order valence-corrected chi connectivity index (χ3v) is 3.28. The number of aromatic carboxylic acids is 1. The van der Waals surface area contributed by atoms with Gasteiger partial charge in [0.15, 0.2) is 5.69 Å². The van der Waals surface area contributed by atoms with Gasteiger partial charge < -0.3 is 15.7 Å². The van der Waals surface area contributed by atoms with Crippen molar-refractivity contribution < 1.29 is 14.7 Å². The summed E-state index contributed by atoms with van der Waals surface area (Å²) in [5.74, 6) is -1.24. The number of amides is 1. The minimum absolute atomic E-state index is 0.00154. The Morgan fingerprint density at radius 1 is 1.25 bits per heavy atom. The smallest absolute Gasteiger partial charge is 0.355 e. The van der Waals surface area contributed by atoms with E-state index in [0.717, 1.165) is 5.69 Å². The van der Waals surface area contributed by atoms with E-state index in [1.54, 1.807) is 0 Å². The molecular weight excluding hydrogens is 278 g/mol. The van der Waals surface area contributed by atoms with Crippen LogP contribution in [0.15, 0.2) is 35.7 Å². The van der Waals surface area contributed by atoms with Crippen molar-refractivity contribution in [2.24, 2.45) is 0 Å². The van der Waals surface area contributed by atoms with Crippen molar-refractivity contribution in [3.63, 3.8) is 0 Å². The van der Waals surface area contributed by atoms with E-state index < -0.39 is 5.97 Å². The Bertz CT molecular complexity index is 598. The highest BCUT2D eigenvalue weighted by Crippen LogP contribution is 2.09. The number of thiazole rings is 1. The van der Waals surface area contributed by atoms with Crippen LogP contribution in [0.1, 0.15) is 15.5 Å². The maximum absolute atomic E-state index is 11.6. The molecule has 3 N–H and O–H groups in total. The van der Waals surface area contributed by atoms with Crippen LogP contribution >= 0.6 is 11.3 Å². The van der Waals surface area contributed by atoms with Gasteiger partial charge in [-0.15, -0.1) is 11.3 Å². The van der Waals surface area contributed by atoms with Crippen LogP contribution in [0.4, 0.5) is 5.69 Å². The van der Waals surface area contributed by atoms with Crippen LogP contribution in [-0.2, 0) is 11.3 Å². The van der Waals surface area contributed by atoms with Crippen molar-refractivity contribution in [2.75, 3.05) is 11.9 Å². The predicted molar refractivity (Wildman–Crippen MR) is 75.9 cm³/mol. The highest BCUT2D eigenvalue weighted by Gasteiger charge is 2.09. The molecule has 1 aromatic carbocycles. The first-order chi connectivity index (χ1) is 9.65. The van der Waals surface area contributed by atoms with E-state index in [1.807, 2.05) is 30.3 Å². The minimum atomic E-state index is -1.07. The van der Waals surface area contributed by atoms with Crippen molar-refractivity contribution >= 4 is 28.9 Å². The number of hydrogen-bond acceptors (Lipinski definition) is 5. The standard InChI is InChI=1S/C13H13N3O3S/c17-11(6-14-9-4-2-1-3-5-9)15-7-12-16-10(8-20-12)13(18)19/h1-5,8,14H,6-7H2,(H,15,17)(H,18,19). The Kier molecular flexibility index (Phi) is 4.67. The van der Waals surface area contributed by atoms with Gasteiger partial charge in [0.25, 0.3) is 0 Å². The molecule has 0 spiro atoms. The van der Waals surface area contributed by atoms with E-state index in [2.05, 4.69) is 15.6 Å². The summed E-state index contributed by atoms with van der Waals surface area (Å²) in [6.45, 7) is 0.383. The first-order valence-corrected chi connectivity index (χ1v) is 6.76. The largest absolute Gasteiger partial charge is 0.476 e. The van der Waals surface area contributed by atoms with Crippen LogP contribution < -0.4 is 10.6 Å². The molecule has 2 aromatic rings. The third kappa shape index (κ3) is 4.06. The first-order valence-electron chi connectivity index (χ1n) is 5.88. The van der Waals surface area contributed by atoms with Gasteiger partial charge in [0.05, 0.1) is 13.1 Å². The fraction of sp³-hybridized carbons (Fsp3) is 0.154. The summed E-state index contributed by atoms with van der Waals surface area (Å²) in [5.41, 5.74) is 0.867. The normalized spacial score (nSPS) is 10.0. The van der Waals surface area contributed by atoms with Gasteiger partial charge in [-0.25, -0.2) is 9.78 Å². The number of carboxylic acids is 1. The lowest BCUT2D eigenvalue weighted by Crippen LogP contribution is -2.29. The molecule has 20 heavy (non-hydrogen) atoms. The molecule has 1 aromatic heterocycles. The summed E-state index contributed by atoms with van der Waals surface area (Å²) in [6, 6.07) is 9.39. The van der Waals surface area contributed by atoms with Gasteiger partial charge in [-0.1, -0.05) is 18.2 Å². The average Bonchev–Trinajstić information content (AvgIpc) is 2.93. The number of aromatic nitrogens is 1. The number of anilines is 1. The Balaban J connectivity index is 1.76. The van der Waals surface area contributed by atoms with Gasteiger partial charge in [0.1, 0.15) is 5.01 Å². The molecule has 0 fully saturated rings. The van der Waals surface area contributed by atoms with Crippen molar-refractivity contribution in [3.8, 4) is 0 Å². The molecule has 0 saturated carbocycles. The van der Waals surface area contributed by atoms with Crippen molar-refractivity contribution in [1.82, 2.24) is 10.3 Å². The van der Waals surface area contributed by atoms with Crippen molar-refractivity contribution in [2.45, 2.75) is 6.54 Å². The lowest BCUT2D eigenvalue weighted by atomic mass is 10.3. The van der Waals surface area contributed by atoms with Gasteiger partial charge in [0.2, 0.25) is 5.91 Å². The number of carbonyl (C=O) groups is 2. The number of carboxylic acid groups (broad SMARTS) is 1. The fourth-order valence-electron chi connectivity index (χ4n) is 1.47. The molecular formula is C13H13N3O3S. The molecule has 2 rings (SSSR count). The lowest BCUT2D eigenvalue weighted by molar-refractivity contribution is -0.119. The predicted octanol–water partition coefficient (Wildman–Crippen LogP) is 1.57. The number of para-hydroxylation sites is 1. The second-order valence-electron chi connectivity index (χ2n) is 3.93. The second kappa shape index (κ2) is 6.67. The van der Waals surface area contributed by atoms with Crippen LogP contribution in [-0.4, -0.2) is 28.5 Å². The molecule has 0 aliphatic carbocycles. The number of nitrogens with zero attached hydrogens (tertiary/aromatic N) is 1. The van der Waals surface area contributed by atoms with Crippen LogP contribution in [0.3, 0.4) is 0 Å². The van der Waals surface area contributed by atoms with Gasteiger partial charge in [-0.05, 0) is 12.1 Å². The molecule has 0 aliphatic rings. The zero-order valence-corrected chi connectivity index (χ0v) is 11.3. The van der Waals surface area contributed by atoms with Crippen LogP contribution in [0.5, 0.6) is 0 Å². The topological polar surface area (TPSA) is 91.3 Å². The monoisotopic (exact) mass is 291 g/mol. The summed E-state index contributed by atoms with van der Waals surface area (Å²) in [5, 5.41) is 16.4. The van der Waals surface area contributed by atoms with E-state index in [1.165, 1.54) is 16.7 Å². The molecule has 0 saturated heterocycles. The molecule has 0 bridgehead atoms. The van der Waals surface area contributed by atoms with Crippen LogP contribution in [0, 0.1) is 0 Å². The number of benzene rings is 1. The Hall–Kier alpha value is -2.41. The molecule has 6 nitrogen and oxygen atoms in total.